The number of benzene rings is 1. The van der Waals surface area contributed by atoms with Crippen LogP contribution >= 0.6 is 12.4 Å². The topological polar surface area (TPSA) is 41.9 Å². The van der Waals surface area contributed by atoms with E-state index >= 15 is 0 Å². The predicted molar refractivity (Wildman–Crippen MR) is 108 cm³/mol. The third kappa shape index (κ3) is 2.56. The summed E-state index contributed by atoms with van der Waals surface area (Å²) in [5.41, 5.74) is 2.64. The molecule has 2 aliphatic heterocycles. The van der Waals surface area contributed by atoms with Crippen molar-refractivity contribution in [3.8, 4) is 11.5 Å². The molecule has 1 fully saturated rings. The second-order valence-electron chi connectivity index (χ2n) is 8.46. The van der Waals surface area contributed by atoms with Crippen molar-refractivity contribution < 1.29 is 14.6 Å². The van der Waals surface area contributed by atoms with Gasteiger partial charge < -0.3 is 19.5 Å². The molecule has 2 heterocycles. The van der Waals surface area contributed by atoms with Crippen LogP contribution in [0.3, 0.4) is 0 Å². The molecule has 0 saturated carbocycles. The lowest BCUT2D eigenvalue weighted by Crippen LogP contribution is -2.64. The Labute approximate surface area is 167 Å². The molecular formula is C22H30ClNO3. The molecule has 2 aliphatic carbocycles. The van der Waals surface area contributed by atoms with Crippen LogP contribution in [-0.4, -0.2) is 48.5 Å². The largest absolute Gasteiger partial charge is 0.490 e. The van der Waals surface area contributed by atoms with Gasteiger partial charge in [-0.1, -0.05) is 38.0 Å². The summed E-state index contributed by atoms with van der Waals surface area (Å²) in [6.45, 7) is 3.99. The number of likely N-dealkylation sites (N-methyl/N-ethyl adjacent to an activating group) is 1. The molecule has 5 rings (SSSR count). The van der Waals surface area contributed by atoms with Crippen molar-refractivity contribution in [2.45, 2.75) is 62.7 Å². The average molecular weight is 392 g/mol. The minimum absolute atomic E-state index is 0. The Bertz CT molecular complexity index is 751. The predicted octanol–water partition coefficient (Wildman–Crippen LogP) is 3.48. The zero-order chi connectivity index (χ0) is 17.9. The van der Waals surface area contributed by atoms with Crippen molar-refractivity contribution in [2.24, 2.45) is 5.92 Å². The lowest BCUT2D eigenvalue weighted by molar-refractivity contribution is -0.0454. The highest BCUT2D eigenvalue weighted by Gasteiger charge is 2.64. The number of rotatable bonds is 5. The second-order valence-corrected chi connectivity index (χ2v) is 8.46. The molecule has 5 atom stereocenters. The summed E-state index contributed by atoms with van der Waals surface area (Å²) >= 11 is 0. The Kier molecular flexibility index (Phi) is 4.94. The van der Waals surface area contributed by atoms with Crippen LogP contribution in [0.15, 0.2) is 24.3 Å². The van der Waals surface area contributed by atoms with Gasteiger partial charge in [0.25, 0.3) is 0 Å². The summed E-state index contributed by atoms with van der Waals surface area (Å²) in [5.74, 6) is 2.20. The Morgan fingerprint density at radius 2 is 2.15 bits per heavy atom. The number of hydrogen-bond donors (Lipinski definition) is 1. The molecule has 2 bridgehead atoms. The lowest BCUT2D eigenvalue weighted by Gasteiger charge is -2.56. The summed E-state index contributed by atoms with van der Waals surface area (Å²) in [4.78, 5) is 2.49. The van der Waals surface area contributed by atoms with E-state index < -0.39 is 6.10 Å². The van der Waals surface area contributed by atoms with E-state index in [2.05, 4.69) is 37.1 Å². The van der Waals surface area contributed by atoms with Crippen molar-refractivity contribution in [2.75, 3.05) is 20.2 Å². The van der Waals surface area contributed by atoms with Gasteiger partial charge >= 0.3 is 0 Å². The lowest BCUT2D eigenvalue weighted by atomic mass is 9.53. The Morgan fingerprint density at radius 1 is 1.30 bits per heavy atom. The summed E-state index contributed by atoms with van der Waals surface area (Å²) in [6, 6.07) is 4.83. The highest BCUT2D eigenvalue weighted by Crippen LogP contribution is 2.62. The van der Waals surface area contributed by atoms with Gasteiger partial charge in [0.05, 0.1) is 6.61 Å². The van der Waals surface area contributed by atoms with Gasteiger partial charge in [0.15, 0.2) is 11.5 Å². The highest BCUT2D eigenvalue weighted by molar-refractivity contribution is 5.85. The molecule has 1 N–H and O–H groups in total. The maximum atomic E-state index is 10.7. The number of aliphatic hydroxyl groups excluding tert-OH is 1. The molecule has 0 radical (unpaired) electrons. The second kappa shape index (κ2) is 6.98. The molecule has 1 aromatic carbocycles. The quantitative estimate of drug-likeness (QED) is 0.616. The minimum Gasteiger partial charge on any atom is -0.490 e. The van der Waals surface area contributed by atoms with E-state index in [1.807, 2.05) is 6.08 Å². The molecule has 148 valence electrons. The smallest absolute Gasteiger partial charge is 0.165 e. The first-order valence-corrected chi connectivity index (χ1v) is 10.2. The highest BCUT2D eigenvalue weighted by atomic mass is 35.5. The molecule has 1 aromatic rings. The van der Waals surface area contributed by atoms with Gasteiger partial charge in [0.1, 0.15) is 12.2 Å². The van der Waals surface area contributed by atoms with Gasteiger partial charge in [0, 0.05) is 22.9 Å². The SMILES string of the molecule is CCCCCOc1ccc2c3c1OC1C(O)C=CC4C(C2)N(C)CCC341.Cl. The Balaban J connectivity index is 0.00000180. The van der Waals surface area contributed by atoms with E-state index in [0.29, 0.717) is 12.0 Å². The number of piperidine rings is 1. The van der Waals surface area contributed by atoms with Crippen molar-refractivity contribution in [3.05, 3.63) is 35.4 Å². The van der Waals surface area contributed by atoms with E-state index in [1.165, 1.54) is 24.0 Å². The molecule has 4 aliphatic rings. The number of ether oxygens (including phenoxy) is 2. The molecular weight excluding hydrogens is 362 g/mol. The maximum Gasteiger partial charge on any atom is 0.165 e. The average Bonchev–Trinajstić information content (AvgIpc) is 3.00. The van der Waals surface area contributed by atoms with Crippen LogP contribution in [-0.2, 0) is 11.8 Å². The van der Waals surface area contributed by atoms with Crippen LogP contribution in [0.1, 0.15) is 43.7 Å². The molecule has 1 spiro atoms. The summed E-state index contributed by atoms with van der Waals surface area (Å²) < 4.78 is 12.6. The van der Waals surface area contributed by atoms with Gasteiger partial charge in [-0.2, -0.15) is 0 Å². The number of aliphatic hydroxyl groups is 1. The van der Waals surface area contributed by atoms with Crippen molar-refractivity contribution in [1.29, 1.82) is 0 Å². The standard InChI is InChI=1S/C22H29NO3.ClH/c1-3-4-5-12-25-18-9-6-14-13-16-15-7-8-17(24)21-22(15,10-11-23(16)2)19(14)20(18)26-21;/h6-9,15-17,21,24H,3-5,10-13H2,1-2H3;1H. The van der Waals surface area contributed by atoms with Crippen molar-refractivity contribution >= 4 is 12.4 Å². The zero-order valence-electron chi connectivity index (χ0n) is 16.2. The van der Waals surface area contributed by atoms with Crippen LogP contribution in [0.4, 0.5) is 0 Å². The fraction of sp³-hybridized carbons (Fsp3) is 0.636. The third-order valence-electron chi connectivity index (χ3n) is 7.14. The Morgan fingerprint density at radius 3 is 2.96 bits per heavy atom. The molecule has 5 heteroatoms. The fourth-order valence-electron chi connectivity index (χ4n) is 5.88. The van der Waals surface area contributed by atoms with Gasteiger partial charge in [-0.3, -0.25) is 0 Å². The normalized spacial score (nSPS) is 35.2. The zero-order valence-corrected chi connectivity index (χ0v) is 17.0. The summed E-state index contributed by atoms with van der Waals surface area (Å²) in [6.07, 6.45) is 9.04. The van der Waals surface area contributed by atoms with Gasteiger partial charge in [-0.25, -0.2) is 0 Å². The van der Waals surface area contributed by atoms with E-state index in [0.717, 1.165) is 43.9 Å². The molecule has 5 unspecified atom stereocenters. The third-order valence-corrected chi connectivity index (χ3v) is 7.14. The first kappa shape index (κ1) is 19.1. The first-order chi connectivity index (χ1) is 12.7. The van der Waals surface area contributed by atoms with Gasteiger partial charge in [-0.05, 0) is 44.5 Å². The van der Waals surface area contributed by atoms with Gasteiger partial charge in [0.2, 0.25) is 0 Å². The fourth-order valence-corrected chi connectivity index (χ4v) is 5.88. The van der Waals surface area contributed by atoms with Crippen LogP contribution in [0.25, 0.3) is 0 Å². The number of likely N-dealkylation sites (tertiary alicyclic amines) is 1. The number of halogens is 1. The molecule has 4 nitrogen and oxygen atoms in total. The summed E-state index contributed by atoms with van der Waals surface area (Å²) in [5, 5.41) is 10.7. The first-order valence-electron chi connectivity index (χ1n) is 10.2. The summed E-state index contributed by atoms with van der Waals surface area (Å²) in [7, 11) is 2.23. The van der Waals surface area contributed by atoms with Crippen molar-refractivity contribution in [3.63, 3.8) is 0 Å². The van der Waals surface area contributed by atoms with Crippen molar-refractivity contribution in [1.82, 2.24) is 4.90 Å². The number of hydrogen-bond acceptors (Lipinski definition) is 4. The molecule has 27 heavy (non-hydrogen) atoms. The van der Waals surface area contributed by atoms with Gasteiger partial charge in [-0.15, -0.1) is 12.4 Å². The van der Waals surface area contributed by atoms with E-state index in [4.69, 9.17) is 9.47 Å². The van der Waals surface area contributed by atoms with E-state index in [9.17, 15) is 5.11 Å². The monoisotopic (exact) mass is 391 g/mol. The molecule has 0 amide bonds. The minimum atomic E-state index is -0.540. The molecule has 0 aromatic heterocycles. The van der Waals surface area contributed by atoms with Crippen LogP contribution in [0.2, 0.25) is 0 Å². The maximum absolute atomic E-state index is 10.7. The van der Waals surface area contributed by atoms with Crippen LogP contribution in [0.5, 0.6) is 11.5 Å². The van der Waals surface area contributed by atoms with E-state index in [-0.39, 0.29) is 23.9 Å². The molecule has 1 saturated heterocycles. The van der Waals surface area contributed by atoms with Crippen LogP contribution in [0, 0.1) is 5.92 Å². The Hall–Kier alpha value is -1.23. The van der Waals surface area contributed by atoms with Crippen LogP contribution < -0.4 is 9.47 Å². The number of unbranched alkanes of at least 4 members (excludes halogenated alkanes) is 2. The number of nitrogens with zero attached hydrogens (tertiary/aromatic N) is 1. The van der Waals surface area contributed by atoms with E-state index in [1.54, 1.807) is 0 Å².